The largest absolute Gasteiger partial charge is 0.392 e. The fourth-order valence-electron chi connectivity index (χ4n) is 0.953. The first-order chi connectivity index (χ1) is 5.88. The third-order valence-electron chi connectivity index (χ3n) is 1.52. The zero-order valence-electron chi connectivity index (χ0n) is 6.70. The molecule has 60 valence electrons. The lowest BCUT2D eigenvalue weighted by Gasteiger charge is -1.96. The van der Waals surface area contributed by atoms with Crippen LogP contribution in [0.3, 0.4) is 0 Å². The summed E-state index contributed by atoms with van der Waals surface area (Å²) in [7, 11) is 0. The summed E-state index contributed by atoms with van der Waals surface area (Å²) in [6.07, 6.45) is 8.75. The van der Waals surface area contributed by atoms with Gasteiger partial charge in [0.25, 0.3) is 0 Å². The van der Waals surface area contributed by atoms with Crippen molar-refractivity contribution in [2.24, 2.45) is 0 Å². The molecule has 1 aromatic rings. The molecule has 0 fully saturated rings. The first kappa shape index (κ1) is 8.58. The van der Waals surface area contributed by atoms with E-state index in [-0.39, 0.29) is 6.61 Å². The van der Waals surface area contributed by atoms with Crippen LogP contribution < -0.4 is 0 Å². The maximum atomic E-state index is 8.55. The van der Waals surface area contributed by atoms with Gasteiger partial charge in [0.2, 0.25) is 0 Å². The summed E-state index contributed by atoms with van der Waals surface area (Å²) in [5.41, 5.74) is 1.82. The quantitative estimate of drug-likeness (QED) is 0.649. The molecular formula is C11H10O. The Labute approximate surface area is 72.4 Å². The second kappa shape index (κ2) is 4.38. The van der Waals surface area contributed by atoms with Crippen LogP contribution in [0.1, 0.15) is 11.1 Å². The van der Waals surface area contributed by atoms with Crippen LogP contribution in [0.2, 0.25) is 0 Å². The SMILES string of the molecule is C#Cc1ccccc1C=CCO. The number of aliphatic hydroxyl groups is 1. The molecule has 1 aromatic carbocycles. The van der Waals surface area contributed by atoms with E-state index in [1.807, 2.05) is 30.3 Å². The van der Waals surface area contributed by atoms with E-state index in [1.165, 1.54) is 0 Å². The van der Waals surface area contributed by atoms with Gasteiger partial charge < -0.3 is 5.11 Å². The van der Waals surface area contributed by atoms with Crippen LogP contribution >= 0.6 is 0 Å². The minimum absolute atomic E-state index is 0.0406. The third-order valence-corrected chi connectivity index (χ3v) is 1.52. The Kier molecular flexibility index (Phi) is 3.13. The van der Waals surface area contributed by atoms with Crippen molar-refractivity contribution in [3.63, 3.8) is 0 Å². The van der Waals surface area contributed by atoms with Gasteiger partial charge in [-0.1, -0.05) is 36.3 Å². The molecular weight excluding hydrogens is 148 g/mol. The summed E-state index contributed by atoms with van der Waals surface area (Å²) in [5.74, 6) is 2.57. The number of hydrogen-bond acceptors (Lipinski definition) is 1. The summed E-state index contributed by atoms with van der Waals surface area (Å²) in [4.78, 5) is 0. The first-order valence-electron chi connectivity index (χ1n) is 3.71. The van der Waals surface area contributed by atoms with Crippen molar-refractivity contribution in [3.8, 4) is 12.3 Å². The van der Waals surface area contributed by atoms with E-state index in [1.54, 1.807) is 6.08 Å². The molecule has 1 rings (SSSR count). The van der Waals surface area contributed by atoms with E-state index in [0.717, 1.165) is 11.1 Å². The first-order valence-corrected chi connectivity index (χ1v) is 3.71. The van der Waals surface area contributed by atoms with E-state index >= 15 is 0 Å². The monoisotopic (exact) mass is 158 g/mol. The van der Waals surface area contributed by atoms with Crippen LogP contribution in [0.15, 0.2) is 30.3 Å². The molecule has 0 bridgehead atoms. The second-order valence-corrected chi connectivity index (χ2v) is 2.32. The lowest BCUT2D eigenvalue weighted by Crippen LogP contribution is -1.80. The minimum atomic E-state index is 0.0406. The average molecular weight is 158 g/mol. The Morgan fingerprint density at radius 1 is 1.42 bits per heavy atom. The van der Waals surface area contributed by atoms with Crippen LogP contribution in [0.4, 0.5) is 0 Å². The van der Waals surface area contributed by atoms with Gasteiger partial charge >= 0.3 is 0 Å². The predicted molar refractivity (Wildman–Crippen MR) is 50.5 cm³/mol. The molecule has 0 unspecified atom stereocenters. The van der Waals surface area contributed by atoms with Crippen molar-refractivity contribution < 1.29 is 5.11 Å². The highest BCUT2D eigenvalue weighted by Crippen LogP contribution is 2.08. The lowest BCUT2D eigenvalue weighted by molar-refractivity contribution is 0.343. The van der Waals surface area contributed by atoms with E-state index in [2.05, 4.69) is 5.92 Å². The normalized spacial score (nSPS) is 10.0. The molecule has 0 saturated heterocycles. The number of hydrogen-bond donors (Lipinski definition) is 1. The standard InChI is InChI=1S/C11H10O/c1-2-10-6-3-4-7-11(10)8-5-9-12/h1,3-8,12H,9H2. The molecule has 0 aliphatic rings. The topological polar surface area (TPSA) is 20.2 Å². The maximum absolute atomic E-state index is 8.55. The number of benzene rings is 1. The average Bonchev–Trinajstić information content (AvgIpc) is 2.15. The van der Waals surface area contributed by atoms with Gasteiger partial charge in [0, 0.05) is 5.56 Å². The van der Waals surface area contributed by atoms with Gasteiger partial charge in [0.05, 0.1) is 6.61 Å². The van der Waals surface area contributed by atoms with E-state index in [4.69, 9.17) is 11.5 Å². The van der Waals surface area contributed by atoms with E-state index < -0.39 is 0 Å². The van der Waals surface area contributed by atoms with Gasteiger partial charge in [-0.05, 0) is 11.6 Å². The summed E-state index contributed by atoms with van der Waals surface area (Å²) < 4.78 is 0. The maximum Gasteiger partial charge on any atom is 0.0615 e. The van der Waals surface area contributed by atoms with Gasteiger partial charge in [-0.2, -0.15) is 0 Å². The van der Waals surface area contributed by atoms with Crippen molar-refractivity contribution in [1.82, 2.24) is 0 Å². The van der Waals surface area contributed by atoms with Crippen LogP contribution in [-0.4, -0.2) is 11.7 Å². The molecule has 1 heteroatoms. The summed E-state index contributed by atoms with van der Waals surface area (Å²) in [6.45, 7) is 0.0406. The zero-order valence-corrected chi connectivity index (χ0v) is 6.70. The number of rotatable bonds is 2. The van der Waals surface area contributed by atoms with Crippen molar-refractivity contribution in [2.75, 3.05) is 6.61 Å². The Morgan fingerprint density at radius 2 is 2.17 bits per heavy atom. The van der Waals surface area contributed by atoms with Crippen LogP contribution in [-0.2, 0) is 0 Å². The molecule has 0 atom stereocenters. The fraction of sp³-hybridized carbons (Fsp3) is 0.0909. The molecule has 0 aliphatic heterocycles. The minimum Gasteiger partial charge on any atom is -0.392 e. The molecule has 0 saturated carbocycles. The van der Waals surface area contributed by atoms with Crippen LogP contribution in [0.5, 0.6) is 0 Å². The number of terminal acetylenes is 1. The molecule has 0 radical (unpaired) electrons. The Bertz CT molecular complexity index is 318. The van der Waals surface area contributed by atoms with Crippen LogP contribution in [0.25, 0.3) is 6.08 Å². The molecule has 1 N–H and O–H groups in total. The Balaban J connectivity index is 2.99. The van der Waals surface area contributed by atoms with Crippen molar-refractivity contribution in [3.05, 3.63) is 41.5 Å². The fourth-order valence-corrected chi connectivity index (χ4v) is 0.953. The molecule has 0 amide bonds. The summed E-state index contributed by atoms with van der Waals surface area (Å²) >= 11 is 0. The molecule has 0 aliphatic carbocycles. The molecule has 0 spiro atoms. The number of aliphatic hydroxyl groups excluding tert-OH is 1. The summed E-state index contributed by atoms with van der Waals surface area (Å²) in [5, 5.41) is 8.55. The highest BCUT2D eigenvalue weighted by molar-refractivity contribution is 5.58. The smallest absolute Gasteiger partial charge is 0.0615 e. The highest BCUT2D eigenvalue weighted by atomic mass is 16.2. The van der Waals surface area contributed by atoms with Crippen molar-refractivity contribution in [2.45, 2.75) is 0 Å². The van der Waals surface area contributed by atoms with E-state index in [0.29, 0.717) is 0 Å². The Hall–Kier alpha value is -1.52. The van der Waals surface area contributed by atoms with Gasteiger partial charge in [0.1, 0.15) is 0 Å². The van der Waals surface area contributed by atoms with Crippen molar-refractivity contribution in [1.29, 1.82) is 0 Å². The summed E-state index contributed by atoms with van der Waals surface area (Å²) in [6, 6.07) is 7.60. The van der Waals surface area contributed by atoms with Gasteiger partial charge in [-0.15, -0.1) is 6.42 Å². The zero-order chi connectivity index (χ0) is 8.81. The highest BCUT2D eigenvalue weighted by Gasteiger charge is 1.91. The lowest BCUT2D eigenvalue weighted by atomic mass is 10.1. The second-order valence-electron chi connectivity index (χ2n) is 2.32. The molecule has 12 heavy (non-hydrogen) atoms. The van der Waals surface area contributed by atoms with Crippen LogP contribution in [0, 0.1) is 12.3 Å². The van der Waals surface area contributed by atoms with Crippen molar-refractivity contribution >= 4 is 6.08 Å². The van der Waals surface area contributed by atoms with Gasteiger partial charge in [-0.3, -0.25) is 0 Å². The van der Waals surface area contributed by atoms with Gasteiger partial charge in [-0.25, -0.2) is 0 Å². The van der Waals surface area contributed by atoms with Gasteiger partial charge in [0.15, 0.2) is 0 Å². The molecule has 0 heterocycles. The van der Waals surface area contributed by atoms with E-state index in [9.17, 15) is 0 Å². The molecule has 1 nitrogen and oxygen atoms in total. The predicted octanol–water partition coefficient (Wildman–Crippen LogP) is 1.67. The Morgan fingerprint density at radius 3 is 2.83 bits per heavy atom. The molecule has 0 aromatic heterocycles. The third kappa shape index (κ3) is 1.98.